The van der Waals surface area contributed by atoms with Crippen LogP contribution in [0.25, 0.3) is 0 Å². The third-order valence-corrected chi connectivity index (χ3v) is 5.70. The summed E-state index contributed by atoms with van der Waals surface area (Å²) in [7, 11) is -5.73. The highest BCUT2D eigenvalue weighted by atomic mass is 32.2. The molecule has 2 aromatic carbocycles. The van der Waals surface area contributed by atoms with E-state index in [0.29, 0.717) is 11.1 Å². The fourth-order valence-corrected chi connectivity index (χ4v) is 3.43. The van der Waals surface area contributed by atoms with Crippen LogP contribution in [0.4, 0.5) is 13.2 Å². The van der Waals surface area contributed by atoms with Crippen molar-refractivity contribution in [2.24, 2.45) is 0 Å². The number of hydrogen-bond donors (Lipinski definition) is 1. The Kier molecular flexibility index (Phi) is 5.61. The van der Waals surface area contributed by atoms with E-state index < -0.39 is 27.3 Å². The Morgan fingerprint density at radius 1 is 0.903 bits per heavy atom. The number of fused-ring (bicyclic) bond motifs is 2. The molecule has 0 radical (unpaired) electrons. The van der Waals surface area contributed by atoms with Gasteiger partial charge in [0.2, 0.25) is 0 Å². The highest BCUT2D eigenvalue weighted by Gasteiger charge is 2.49. The van der Waals surface area contributed by atoms with Crippen LogP contribution in [0.3, 0.4) is 0 Å². The molecular weight excluding hydrogens is 445 g/mol. The van der Waals surface area contributed by atoms with E-state index in [-0.39, 0.29) is 36.1 Å². The molecule has 0 amide bonds. The van der Waals surface area contributed by atoms with Crippen molar-refractivity contribution in [1.29, 1.82) is 0 Å². The van der Waals surface area contributed by atoms with E-state index in [9.17, 15) is 36.3 Å². The van der Waals surface area contributed by atoms with Crippen LogP contribution in [0, 0.1) is 13.8 Å². The first-order valence-electron chi connectivity index (χ1n) is 8.62. The van der Waals surface area contributed by atoms with E-state index in [1.807, 2.05) is 0 Å². The second-order valence-corrected chi connectivity index (χ2v) is 8.12. The van der Waals surface area contributed by atoms with Gasteiger partial charge in [-0.25, -0.2) is 9.59 Å². The SMILES string of the molecule is Cc1c(O)ccc2c1COC2=O.Cc1c(OS(=O)(=O)C(F)(F)F)ccc2c1COC2=O. The molecule has 0 atom stereocenters. The summed E-state index contributed by atoms with van der Waals surface area (Å²) in [5.74, 6) is -1.17. The highest BCUT2D eigenvalue weighted by molar-refractivity contribution is 7.88. The third kappa shape index (κ3) is 4.15. The summed E-state index contributed by atoms with van der Waals surface area (Å²) in [4.78, 5) is 22.2. The van der Waals surface area contributed by atoms with Crippen molar-refractivity contribution >= 4 is 22.1 Å². The zero-order valence-corrected chi connectivity index (χ0v) is 16.9. The fourth-order valence-electron chi connectivity index (χ4n) is 2.92. The van der Waals surface area contributed by atoms with Gasteiger partial charge in [-0.2, -0.15) is 21.6 Å². The van der Waals surface area contributed by atoms with Crippen LogP contribution in [0.2, 0.25) is 0 Å². The van der Waals surface area contributed by atoms with Crippen molar-refractivity contribution in [3.05, 3.63) is 57.6 Å². The van der Waals surface area contributed by atoms with Crippen LogP contribution in [-0.4, -0.2) is 31.0 Å². The molecule has 4 rings (SSSR count). The molecule has 0 fully saturated rings. The number of ether oxygens (including phenoxy) is 2. The molecule has 0 unspecified atom stereocenters. The average molecular weight is 460 g/mol. The van der Waals surface area contributed by atoms with Crippen molar-refractivity contribution in [1.82, 2.24) is 0 Å². The Bertz CT molecular complexity index is 1190. The number of alkyl halides is 3. The Balaban J connectivity index is 0.000000194. The largest absolute Gasteiger partial charge is 0.534 e. The van der Waals surface area contributed by atoms with Gasteiger partial charge in [-0.3, -0.25) is 0 Å². The van der Waals surface area contributed by atoms with Crippen LogP contribution in [0.5, 0.6) is 11.5 Å². The van der Waals surface area contributed by atoms with Gasteiger partial charge >= 0.3 is 27.6 Å². The summed E-state index contributed by atoms with van der Waals surface area (Å²) in [6.07, 6.45) is 0. The van der Waals surface area contributed by atoms with Gasteiger partial charge in [-0.05, 0) is 43.7 Å². The molecule has 2 aliphatic heterocycles. The third-order valence-electron chi connectivity index (χ3n) is 4.74. The maximum absolute atomic E-state index is 12.2. The number of phenols is 1. The molecule has 2 heterocycles. The van der Waals surface area contributed by atoms with E-state index >= 15 is 0 Å². The van der Waals surface area contributed by atoms with Gasteiger partial charge in [0.1, 0.15) is 24.7 Å². The van der Waals surface area contributed by atoms with Gasteiger partial charge in [0.05, 0.1) is 11.1 Å². The molecule has 0 aliphatic carbocycles. The second-order valence-electron chi connectivity index (χ2n) is 6.59. The standard InChI is InChI=1S/C10H7F3O5S.C9H8O3/c1-5-7-4-17-9(14)6(7)2-3-8(5)18-19(15,16)10(11,12)13;1-5-7-4-12-9(11)6(7)2-3-8(5)10/h2-3H,4H2,1H3;2-3,10H,4H2,1H3. The Labute approximate surface area is 174 Å². The first-order valence-corrected chi connectivity index (χ1v) is 10.0. The zero-order valence-electron chi connectivity index (χ0n) is 16.1. The van der Waals surface area contributed by atoms with Crippen molar-refractivity contribution in [3.63, 3.8) is 0 Å². The number of carbonyl (C=O) groups is 2. The molecule has 2 aromatic rings. The summed E-state index contributed by atoms with van der Waals surface area (Å²) < 4.78 is 71.9. The van der Waals surface area contributed by atoms with Gasteiger partial charge in [-0.15, -0.1) is 0 Å². The monoisotopic (exact) mass is 460 g/mol. The number of cyclic esters (lactones) is 2. The molecule has 2 aliphatic rings. The van der Waals surface area contributed by atoms with E-state index in [1.165, 1.54) is 19.1 Å². The summed E-state index contributed by atoms with van der Waals surface area (Å²) >= 11 is 0. The molecule has 1 N–H and O–H groups in total. The van der Waals surface area contributed by atoms with E-state index in [1.54, 1.807) is 13.0 Å². The van der Waals surface area contributed by atoms with Crippen LogP contribution >= 0.6 is 0 Å². The summed E-state index contributed by atoms with van der Waals surface area (Å²) in [6, 6.07) is 5.26. The minimum Gasteiger partial charge on any atom is -0.508 e. The van der Waals surface area contributed by atoms with Crippen molar-refractivity contribution in [2.45, 2.75) is 32.6 Å². The number of aromatic hydroxyl groups is 1. The lowest BCUT2D eigenvalue weighted by Crippen LogP contribution is -2.28. The zero-order chi connectivity index (χ0) is 23.1. The first kappa shape index (κ1) is 22.4. The Morgan fingerprint density at radius 3 is 1.90 bits per heavy atom. The summed E-state index contributed by atoms with van der Waals surface area (Å²) in [6.45, 7) is 3.29. The Hall–Kier alpha value is -3.28. The summed E-state index contributed by atoms with van der Waals surface area (Å²) in [5.41, 5.74) is -2.76. The average Bonchev–Trinajstić information content (AvgIpc) is 3.24. The number of hydrogen-bond acceptors (Lipinski definition) is 8. The quantitative estimate of drug-likeness (QED) is 0.413. The smallest absolute Gasteiger partial charge is 0.508 e. The number of esters is 2. The lowest BCUT2D eigenvalue weighted by atomic mass is 10.0. The predicted molar refractivity (Wildman–Crippen MR) is 97.9 cm³/mol. The number of benzene rings is 2. The van der Waals surface area contributed by atoms with Crippen LogP contribution < -0.4 is 4.18 Å². The lowest BCUT2D eigenvalue weighted by Gasteiger charge is -2.12. The molecule has 0 saturated carbocycles. The van der Waals surface area contributed by atoms with Crippen molar-refractivity contribution in [2.75, 3.05) is 0 Å². The molecule has 0 spiro atoms. The summed E-state index contributed by atoms with van der Waals surface area (Å²) in [5, 5.41) is 9.30. The normalized spacial score (nSPS) is 14.7. The minimum atomic E-state index is -5.73. The molecule has 0 saturated heterocycles. The van der Waals surface area contributed by atoms with Gasteiger partial charge < -0.3 is 18.8 Å². The van der Waals surface area contributed by atoms with Crippen molar-refractivity contribution < 1.29 is 49.9 Å². The van der Waals surface area contributed by atoms with E-state index in [0.717, 1.165) is 17.2 Å². The fraction of sp³-hybridized carbons (Fsp3) is 0.263. The molecular formula is C19H15F3O8S. The number of carbonyl (C=O) groups excluding carboxylic acids is 2. The number of phenolic OH excluding ortho intramolecular Hbond substituents is 1. The predicted octanol–water partition coefficient (Wildman–Crippen LogP) is 3.26. The van der Waals surface area contributed by atoms with Crippen molar-refractivity contribution in [3.8, 4) is 11.5 Å². The number of rotatable bonds is 2. The van der Waals surface area contributed by atoms with Crippen LogP contribution in [0.1, 0.15) is 43.0 Å². The molecule has 31 heavy (non-hydrogen) atoms. The first-order chi connectivity index (χ1) is 14.3. The highest BCUT2D eigenvalue weighted by Crippen LogP contribution is 2.34. The second kappa shape index (κ2) is 7.76. The molecule has 0 bridgehead atoms. The van der Waals surface area contributed by atoms with Crippen LogP contribution in [-0.2, 0) is 32.8 Å². The van der Waals surface area contributed by atoms with E-state index in [2.05, 4.69) is 4.18 Å². The molecule has 0 aromatic heterocycles. The molecule has 8 nitrogen and oxygen atoms in total. The van der Waals surface area contributed by atoms with Crippen LogP contribution in [0.15, 0.2) is 24.3 Å². The van der Waals surface area contributed by atoms with Gasteiger partial charge in [0, 0.05) is 16.7 Å². The number of halogens is 3. The Morgan fingerprint density at radius 2 is 1.39 bits per heavy atom. The maximum Gasteiger partial charge on any atom is 0.534 e. The molecule has 12 heteroatoms. The lowest BCUT2D eigenvalue weighted by molar-refractivity contribution is -0.0500. The maximum atomic E-state index is 12.2. The molecule has 166 valence electrons. The topological polar surface area (TPSA) is 116 Å². The van der Waals surface area contributed by atoms with Gasteiger partial charge in [-0.1, -0.05) is 0 Å². The van der Waals surface area contributed by atoms with Gasteiger partial charge in [0.25, 0.3) is 0 Å². The minimum absolute atomic E-state index is 0.121. The van der Waals surface area contributed by atoms with E-state index in [4.69, 9.17) is 9.47 Å². The van der Waals surface area contributed by atoms with Gasteiger partial charge in [0.15, 0.2) is 0 Å².